The number of hydrogen-bond acceptors (Lipinski definition) is 4. The van der Waals surface area contributed by atoms with Crippen LogP contribution in [0.15, 0.2) is 11.4 Å². The third-order valence-electron chi connectivity index (χ3n) is 4.21. The average molecular weight is 316 g/mol. The molecule has 1 amide bonds. The van der Waals surface area contributed by atoms with Gasteiger partial charge < -0.3 is 10.2 Å². The molecule has 1 aromatic heterocycles. The van der Waals surface area contributed by atoms with Gasteiger partial charge in [-0.3, -0.25) is 9.69 Å². The SMILES string of the molecule is Cc1ccsc1C(=O)N1CCN(C2CCNC2)CC1.Cl. The highest BCUT2D eigenvalue weighted by atomic mass is 35.5. The monoisotopic (exact) mass is 315 g/mol. The lowest BCUT2D eigenvalue weighted by molar-refractivity contribution is 0.0588. The van der Waals surface area contributed by atoms with E-state index in [1.165, 1.54) is 6.42 Å². The fourth-order valence-corrected chi connectivity index (χ4v) is 3.87. The van der Waals surface area contributed by atoms with E-state index in [1.54, 1.807) is 11.3 Å². The maximum atomic E-state index is 12.4. The van der Waals surface area contributed by atoms with E-state index in [4.69, 9.17) is 0 Å². The Hall–Kier alpha value is -0.620. The molecule has 3 rings (SSSR count). The third-order valence-corrected chi connectivity index (χ3v) is 5.21. The number of amides is 1. The summed E-state index contributed by atoms with van der Waals surface area (Å²) < 4.78 is 0. The summed E-state index contributed by atoms with van der Waals surface area (Å²) in [5, 5.41) is 5.42. The highest BCUT2D eigenvalue weighted by molar-refractivity contribution is 7.12. The average Bonchev–Trinajstić information content (AvgIpc) is 3.09. The van der Waals surface area contributed by atoms with Crippen molar-refractivity contribution < 1.29 is 4.79 Å². The first-order chi connectivity index (χ1) is 9.25. The lowest BCUT2D eigenvalue weighted by atomic mass is 10.2. The molecule has 20 heavy (non-hydrogen) atoms. The minimum Gasteiger partial charge on any atom is -0.335 e. The van der Waals surface area contributed by atoms with Gasteiger partial charge >= 0.3 is 0 Å². The molecule has 6 heteroatoms. The Kier molecular flexibility index (Phi) is 5.43. The Morgan fingerprint density at radius 2 is 2.10 bits per heavy atom. The van der Waals surface area contributed by atoms with Gasteiger partial charge in [0.05, 0.1) is 4.88 Å². The quantitative estimate of drug-likeness (QED) is 0.900. The van der Waals surface area contributed by atoms with E-state index in [9.17, 15) is 4.79 Å². The predicted octanol–water partition coefficient (Wildman–Crippen LogP) is 1.60. The second-order valence-electron chi connectivity index (χ2n) is 5.41. The molecule has 2 aliphatic heterocycles. The normalized spacial score (nSPS) is 23.6. The van der Waals surface area contributed by atoms with Gasteiger partial charge in [-0.2, -0.15) is 0 Å². The zero-order valence-electron chi connectivity index (χ0n) is 11.8. The lowest BCUT2D eigenvalue weighted by Gasteiger charge is -2.37. The van der Waals surface area contributed by atoms with Crippen LogP contribution in [0.4, 0.5) is 0 Å². The lowest BCUT2D eigenvalue weighted by Crippen LogP contribution is -2.52. The molecular formula is C14H22ClN3OS. The van der Waals surface area contributed by atoms with E-state index in [0.29, 0.717) is 6.04 Å². The van der Waals surface area contributed by atoms with Crippen LogP contribution in [-0.2, 0) is 0 Å². The summed E-state index contributed by atoms with van der Waals surface area (Å²) >= 11 is 1.56. The van der Waals surface area contributed by atoms with Crippen molar-refractivity contribution in [1.82, 2.24) is 15.1 Å². The van der Waals surface area contributed by atoms with Crippen molar-refractivity contribution in [2.24, 2.45) is 0 Å². The molecule has 1 unspecified atom stereocenters. The molecule has 112 valence electrons. The molecule has 1 aromatic rings. The number of piperazine rings is 1. The van der Waals surface area contributed by atoms with Crippen molar-refractivity contribution in [1.29, 1.82) is 0 Å². The van der Waals surface area contributed by atoms with Gasteiger partial charge in [0, 0.05) is 38.8 Å². The number of hydrogen-bond donors (Lipinski definition) is 1. The topological polar surface area (TPSA) is 35.6 Å². The molecule has 0 radical (unpaired) electrons. The summed E-state index contributed by atoms with van der Waals surface area (Å²) in [6.07, 6.45) is 1.25. The van der Waals surface area contributed by atoms with E-state index in [2.05, 4.69) is 10.2 Å². The molecular weight excluding hydrogens is 294 g/mol. The molecule has 1 atom stereocenters. The van der Waals surface area contributed by atoms with Gasteiger partial charge in [-0.15, -0.1) is 23.7 Å². The van der Waals surface area contributed by atoms with Gasteiger partial charge in [0.15, 0.2) is 0 Å². The summed E-state index contributed by atoms with van der Waals surface area (Å²) in [4.78, 5) is 17.9. The summed E-state index contributed by atoms with van der Waals surface area (Å²) in [6, 6.07) is 2.71. The maximum Gasteiger partial charge on any atom is 0.264 e. The molecule has 2 aliphatic rings. The highest BCUT2D eigenvalue weighted by Crippen LogP contribution is 2.20. The second-order valence-corrected chi connectivity index (χ2v) is 6.32. The number of carbonyl (C=O) groups is 1. The summed E-state index contributed by atoms with van der Waals surface area (Å²) in [6.45, 7) is 8.03. The van der Waals surface area contributed by atoms with Crippen LogP contribution in [-0.4, -0.2) is 61.0 Å². The Bertz CT molecular complexity index is 451. The van der Waals surface area contributed by atoms with Crippen molar-refractivity contribution in [3.05, 3.63) is 21.9 Å². The molecule has 2 fully saturated rings. The predicted molar refractivity (Wildman–Crippen MR) is 85.1 cm³/mol. The molecule has 0 aliphatic carbocycles. The first kappa shape index (κ1) is 15.8. The largest absolute Gasteiger partial charge is 0.335 e. The molecule has 0 saturated carbocycles. The van der Waals surface area contributed by atoms with Crippen LogP contribution in [0.2, 0.25) is 0 Å². The van der Waals surface area contributed by atoms with Gasteiger partial charge in [-0.05, 0) is 36.9 Å². The molecule has 0 spiro atoms. The Labute approximate surface area is 130 Å². The van der Waals surface area contributed by atoms with Gasteiger partial charge in [-0.25, -0.2) is 0 Å². The molecule has 3 heterocycles. The van der Waals surface area contributed by atoms with Crippen molar-refractivity contribution in [2.75, 3.05) is 39.3 Å². The number of nitrogens with one attached hydrogen (secondary N) is 1. The van der Waals surface area contributed by atoms with Crippen LogP contribution < -0.4 is 5.32 Å². The number of aryl methyl sites for hydroxylation is 1. The zero-order chi connectivity index (χ0) is 13.2. The van der Waals surface area contributed by atoms with Crippen LogP contribution in [0.25, 0.3) is 0 Å². The van der Waals surface area contributed by atoms with E-state index in [0.717, 1.165) is 49.7 Å². The molecule has 0 aromatic carbocycles. The second kappa shape index (κ2) is 6.89. The number of carbonyl (C=O) groups excluding carboxylic acids is 1. The molecule has 1 N–H and O–H groups in total. The van der Waals surface area contributed by atoms with Crippen molar-refractivity contribution >= 4 is 29.7 Å². The summed E-state index contributed by atoms with van der Waals surface area (Å²) in [5.41, 5.74) is 1.11. The zero-order valence-corrected chi connectivity index (χ0v) is 13.4. The number of rotatable bonds is 2. The van der Waals surface area contributed by atoms with Crippen LogP contribution in [0.5, 0.6) is 0 Å². The van der Waals surface area contributed by atoms with E-state index in [-0.39, 0.29) is 18.3 Å². The van der Waals surface area contributed by atoms with Crippen LogP contribution >= 0.6 is 23.7 Å². The van der Waals surface area contributed by atoms with Crippen LogP contribution in [0.3, 0.4) is 0 Å². The van der Waals surface area contributed by atoms with Crippen LogP contribution in [0.1, 0.15) is 21.7 Å². The van der Waals surface area contributed by atoms with Crippen molar-refractivity contribution in [3.8, 4) is 0 Å². The summed E-state index contributed by atoms with van der Waals surface area (Å²) in [5.74, 6) is 0.219. The molecule has 2 saturated heterocycles. The van der Waals surface area contributed by atoms with Gasteiger partial charge in [-0.1, -0.05) is 0 Å². The van der Waals surface area contributed by atoms with Gasteiger partial charge in [0.2, 0.25) is 0 Å². The number of halogens is 1. The number of thiophene rings is 1. The first-order valence-electron chi connectivity index (χ1n) is 7.04. The van der Waals surface area contributed by atoms with Gasteiger partial charge in [0.25, 0.3) is 5.91 Å². The fourth-order valence-electron chi connectivity index (χ4n) is 2.98. The van der Waals surface area contributed by atoms with E-state index < -0.39 is 0 Å². The highest BCUT2D eigenvalue weighted by Gasteiger charge is 2.28. The summed E-state index contributed by atoms with van der Waals surface area (Å²) in [7, 11) is 0. The van der Waals surface area contributed by atoms with E-state index >= 15 is 0 Å². The minimum absolute atomic E-state index is 0. The third kappa shape index (κ3) is 3.17. The Balaban J connectivity index is 0.00000147. The number of nitrogens with zero attached hydrogens (tertiary/aromatic N) is 2. The van der Waals surface area contributed by atoms with Crippen LogP contribution in [0, 0.1) is 6.92 Å². The smallest absolute Gasteiger partial charge is 0.264 e. The first-order valence-corrected chi connectivity index (χ1v) is 7.92. The van der Waals surface area contributed by atoms with Crippen molar-refractivity contribution in [3.63, 3.8) is 0 Å². The van der Waals surface area contributed by atoms with Gasteiger partial charge in [0.1, 0.15) is 0 Å². The Morgan fingerprint density at radius 3 is 2.65 bits per heavy atom. The standard InChI is InChI=1S/C14H21N3OS.ClH/c1-11-3-9-19-13(11)14(18)17-7-5-16(6-8-17)12-2-4-15-10-12;/h3,9,12,15H,2,4-8,10H2,1H3;1H. The van der Waals surface area contributed by atoms with Crippen molar-refractivity contribution in [2.45, 2.75) is 19.4 Å². The Morgan fingerprint density at radius 1 is 1.35 bits per heavy atom. The minimum atomic E-state index is 0. The molecule has 0 bridgehead atoms. The van der Waals surface area contributed by atoms with E-state index in [1.807, 2.05) is 23.3 Å². The molecule has 4 nitrogen and oxygen atoms in total. The fraction of sp³-hybridized carbons (Fsp3) is 0.643. The maximum absolute atomic E-state index is 12.4.